The van der Waals surface area contributed by atoms with E-state index in [1.54, 1.807) is 23.1 Å². The molecule has 1 aliphatic heterocycles. The number of carbonyl (C=O) groups is 1. The third kappa shape index (κ3) is 4.46. The molecule has 0 bridgehead atoms. The number of benzene rings is 4. The molecular weight excluding hydrogens is 498 g/mol. The van der Waals surface area contributed by atoms with Gasteiger partial charge in [0.2, 0.25) is 5.76 Å². The fourth-order valence-corrected chi connectivity index (χ4v) is 5.08. The van der Waals surface area contributed by atoms with Gasteiger partial charge in [-0.05, 0) is 53.9 Å². The number of rotatable bonds is 6. The Kier molecular flexibility index (Phi) is 6.22. The number of hydrogen-bond donors (Lipinski definition) is 0. The van der Waals surface area contributed by atoms with Gasteiger partial charge in [0.15, 0.2) is 5.43 Å². The van der Waals surface area contributed by atoms with Crippen LogP contribution in [-0.4, -0.2) is 10.8 Å². The maximum absolute atomic E-state index is 13.8. The van der Waals surface area contributed by atoms with Gasteiger partial charge in [-0.2, -0.15) is 0 Å². The Morgan fingerprint density at radius 2 is 1.66 bits per heavy atom. The van der Waals surface area contributed by atoms with E-state index < -0.39 is 6.04 Å². The van der Waals surface area contributed by atoms with E-state index in [-0.39, 0.29) is 17.1 Å². The van der Waals surface area contributed by atoms with E-state index in [2.05, 4.69) is 0 Å². The van der Waals surface area contributed by atoms with E-state index in [0.29, 0.717) is 40.5 Å². The van der Waals surface area contributed by atoms with E-state index in [9.17, 15) is 9.59 Å². The number of fused-ring (bicyclic) bond motifs is 2. The van der Waals surface area contributed by atoms with E-state index in [4.69, 9.17) is 20.8 Å². The van der Waals surface area contributed by atoms with Gasteiger partial charge in [-0.3, -0.25) is 9.59 Å². The zero-order valence-electron chi connectivity index (χ0n) is 20.7. The van der Waals surface area contributed by atoms with E-state index in [1.807, 2.05) is 85.8 Å². The van der Waals surface area contributed by atoms with Crippen LogP contribution in [0.25, 0.3) is 11.0 Å². The summed E-state index contributed by atoms with van der Waals surface area (Å²) in [6, 6.07) is 29.7. The lowest BCUT2D eigenvalue weighted by molar-refractivity contribution is 0.0714. The predicted octanol–water partition coefficient (Wildman–Crippen LogP) is 7.08. The molecule has 0 N–H and O–H groups in total. The summed E-state index contributed by atoms with van der Waals surface area (Å²) in [6.07, 6.45) is 0. The molecule has 1 aromatic heterocycles. The van der Waals surface area contributed by atoms with E-state index >= 15 is 0 Å². The summed E-state index contributed by atoms with van der Waals surface area (Å²) in [5.41, 5.74) is 4.29. The van der Waals surface area contributed by atoms with Crippen LogP contribution in [0.1, 0.15) is 44.4 Å². The zero-order chi connectivity index (χ0) is 26.2. The van der Waals surface area contributed by atoms with Gasteiger partial charge >= 0.3 is 0 Å². The summed E-state index contributed by atoms with van der Waals surface area (Å²) >= 11 is 6.20. The van der Waals surface area contributed by atoms with Crippen LogP contribution in [0.2, 0.25) is 5.02 Å². The summed E-state index contributed by atoms with van der Waals surface area (Å²) in [4.78, 5) is 29.2. The number of halogens is 1. The Hall–Kier alpha value is -4.35. The molecule has 0 aliphatic carbocycles. The number of hydrogen-bond acceptors (Lipinski definition) is 4. The number of aryl methyl sites for hydroxylation is 1. The molecule has 2 heterocycles. The van der Waals surface area contributed by atoms with Gasteiger partial charge < -0.3 is 14.1 Å². The van der Waals surface area contributed by atoms with Crippen LogP contribution in [0.4, 0.5) is 0 Å². The third-order valence-electron chi connectivity index (χ3n) is 6.82. The van der Waals surface area contributed by atoms with Crippen LogP contribution in [0, 0.1) is 6.92 Å². The molecule has 1 atom stereocenters. The van der Waals surface area contributed by atoms with Gasteiger partial charge in [0, 0.05) is 11.6 Å². The summed E-state index contributed by atoms with van der Waals surface area (Å²) in [5, 5.41) is 0.779. The Bertz CT molecular complexity index is 1710. The monoisotopic (exact) mass is 521 g/mol. The molecule has 6 rings (SSSR count). The first-order chi connectivity index (χ1) is 18.5. The van der Waals surface area contributed by atoms with Gasteiger partial charge in [0.05, 0.1) is 17.0 Å². The van der Waals surface area contributed by atoms with Crippen molar-refractivity contribution in [3.63, 3.8) is 0 Å². The molecule has 4 aromatic carbocycles. The second-order valence-corrected chi connectivity index (χ2v) is 9.92. The molecule has 6 heteroatoms. The van der Waals surface area contributed by atoms with Crippen LogP contribution in [0.5, 0.6) is 5.75 Å². The van der Waals surface area contributed by atoms with Gasteiger partial charge in [-0.1, -0.05) is 83.9 Å². The first-order valence-corrected chi connectivity index (χ1v) is 12.8. The number of amides is 1. The lowest BCUT2D eigenvalue weighted by Crippen LogP contribution is -2.29. The minimum atomic E-state index is -0.640. The molecule has 5 aromatic rings. The second kappa shape index (κ2) is 9.84. The van der Waals surface area contributed by atoms with Gasteiger partial charge in [-0.15, -0.1) is 0 Å². The van der Waals surface area contributed by atoms with Crippen LogP contribution < -0.4 is 10.2 Å². The molecule has 0 radical (unpaired) electrons. The Morgan fingerprint density at radius 3 is 2.45 bits per heavy atom. The lowest BCUT2D eigenvalue weighted by atomic mass is 9.98. The summed E-state index contributed by atoms with van der Waals surface area (Å²) in [5.74, 6) is 0.392. The number of carbonyl (C=O) groups excluding carboxylic acids is 1. The SMILES string of the molecule is Cc1ccc(CN2C(=O)c3oc4ccc(Cl)cc4c(=O)c3C2c2cccc(OCc3ccccc3)c2)cc1. The maximum Gasteiger partial charge on any atom is 0.291 e. The average Bonchev–Trinajstić information content (AvgIpc) is 3.21. The summed E-state index contributed by atoms with van der Waals surface area (Å²) in [7, 11) is 0. The fraction of sp³-hybridized carbons (Fsp3) is 0.125. The molecule has 1 aliphatic rings. The summed E-state index contributed by atoms with van der Waals surface area (Å²) < 4.78 is 12.1. The van der Waals surface area contributed by atoms with E-state index in [0.717, 1.165) is 22.3 Å². The molecule has 0 spiro atoms. The molecular formula is C32H24ClNO4. The summed E-state index contributed by atoms with van der Waals surface area (Å²) in [6.45, 7) is 2.74. The normalized spacial score (nSPS) is 14.6. The molecule has 188 valence electrons. The highest BCUT2D eigenvalue weighted by atomic mass is 35.5. The van der Waals surface area contributed by atoms with Crippen LogP contribution in [0.3, 0.4) is 0 Å². The van der Waals surface area contributed by atoms with Gasteiger partial charge in [0.25, 0.3) is 5.91 Å². The highest BCUT2D eigenvalue weighted by molar-refractivity contribution is 6.31. The molecule has 0 fully saturated rings. The highest BCUT2D eigenvalue weighted by Gasteiger charge is 2.42. The van der Waals surface area contributed by atoms with Gasteiger partial charge in [-0.25, -0.2) is 0 Å². The molecule has 1 amide bonds. The van der Waals surface area contributed by atoms with Crippen molar-refractivity contribution >= 4 is 28.5 Å². The molecule has 0 saturated heterocycles. The molecule has 1 unspecified atom stereocenters. The fourth-order valence-electron chi connectivity index (χ4n) is 4.91. The Balaban J connectivity index is 1.45. The first-order valence-electron chi connectivity index (χ1n) is 12.4. The Labute approximate surface area is 224 Å². The largest absolute Gasteiger partial charge is 0.489 e. The molecule has 0 saturated carbocycles. The van der Waals surface area contributed by atoms with Crippen molar-refractivity contribution < 1.29 is 13.9 Å². The minimum absolute atomic E-state index is 0.0672. The van der Waals surface area contributed by atoms with Crippen molar-refractivity contribution in [2.24, 2.45) is 0 Å². The second-order valence-electron chi connectivity index (χ2n) is 9.48. The predicted molar refractivity (Wildman–Crippen MR) is 148 cm³/mol. The molecule has 5 nitrogen and oxygen atoms in total. The van der Waals surface area contributed by atoms with Crippen molar-refractivity contribution in [2.45, 2.75) is 26.1 Å². The highest BCUT2D eigenvalue weighted by Crippen LogP contribution is 2.40. The van der Waals surface area contributed by atoms with Gasteiger partial charge in [0.1, 0.15) is 17.9 Å². The zero-order valence-corrected chi connectivity index (χ0v) is 21.4. The van der Waals surface area contributed by atoms with Crippen molar-refractivity contribution in [1.82, 2.24) is 4.90 Å². The van der Waals surface area contributed by atoms with Crippen molar-refractivity contribution in [3.05, 3.63) is 146 Å². The minimum Gasteiger partial charge on any atom is -0.489 e. The van der Waals surface area contributed by atoms with Crippen LogP contribution in [-0.2, 0) is 13.2 Å². The average molecular weight is 522 g/mol. The topological polar surface area (TPSA) is 59.8 Å². The quantitative estimate of drug-likeness (QED) is 0.239. The maximum atomic E-state index is 13.8. The first kappa shape index (κ1) is 24.0. The van der Waals surface area contributed by atoms with Crippen LogP contribution >= 0.6 is 11.6 Å². The van der Waals surface area contributed by atoms with Crippen LogP contribution in [0.15, 0.2) is 106 Å². The third-order valence-corrected chi connectivity index (χ3v) is 7.06. The van der Waals surface area contributed by atoms with Crippen molar-refractivity contribution in [1.29, 1.82) is 0 Å². The number of nitrogens with zero attached hydrogens (tertiary/aromatic N) is 1. The smallest absolute Gasteiger partial charge is 0.291 e. The lowest BCUT2D eigenvalue weighted by Gasteiger charge is -2.25. The van der Waals surface area contributed by atoms with Crippen molar-refractivity contribution in [2.75, 3.05) is 0 Å². The van der Waals surface area contributed by atoms with Crippen molar-refractivity contribution in [3.8, 4) is 5.75 Å². The standard InChI is InChI=1S/C32H24ClNO4/c1-20-10-12-21(13-11-20)18-34-29(23-8-5-9-25(16-23)37-19-22-6-3-2-4-7-22)28-30(35)26-17-24(33)14-15-27(26)38-31(28)32(34)36/h2-17,29H,18-19H2,1H3. The van der Waals surface area contributed by atoms with E-state index in [1.165, 1.54) is 0 Å². The number of ether oxygens (including phenoxy) is 1. The Morgan fingerprint density at radius 1 is 0.868 bits per heavy atom. The molecule has 38 heavy (non-hydrogen) atoms.